The Labute approximate surface area is 125 Å². The lowest BCUT2D eigenvalue weighted by atomic mass is 10.1. The molecular formula is C15H23N3O3. The van der Waals surface area contributed by atoms with E-state index in [0.717, 1.165) is 18.5 Å². The number of carboxylic acids is 1. The van der Waals surface area contributed by atoms with Gasteiger partial charge < -0.3 is 20.2 Å². The molecule has 0 aliphatic rings. The van der Waals surface area contributed by atoms with Crippen LogP contribution in [-0.4, -0.2) is 61.1 Å². The SMILES string of the molecule is CN(C)CCCNC(=O)N(C)Cc1ccc(C(=O)O)cc1. The predicted octanol–water partition coefficient (Wildman–Crippen LogP) is 1.48. The van der Waals surface area contributed by atoms with Gasteiger partial charge in [-0.3, -0.25) is 0 Å². The Bertz CT molecular complexity index is 472. The third-order valence-electron chi connectivity index (χ3n) is 3.03. The average molecular weight is 293 g/mol. The Morgan fingerprint density at radius 1 is 1.14 bits per heavy atom. The van der Waals surface area contributed by atoms with Crippen LogP contribution in [0.5, 0.6) is 0 Å². The molecule has 0 aliphatic heterocycles. The first-order valence-corrected chi connectivity index (χ1v) is 6.86. The van der Waals surface area contributed by atoms with E-state index in [-0.39, 0.29) is 11.6 Å². The van der Waals surface area contributed by atoms with Crippen molar-refractivity contribution in [2.45, 2.75) is 13.0 Å². The molecule has 0 radical (unpaired) electrons. The minimum Gasteiger partial charge on any atom is -0.478 e. The summed E-state index contributed by atoms with van der Waals surface area (Å²) in [5, 5.41) is 11.7. The number of rotatable bonds is 7. The first-order chi connectivity index (χ1) is 9.90. The average Bonchev–Trinajstić information content (AvgIpc) is 2.43. The summed E-state index contributed by atoms with van der Waals surface area (Å²) in [4.78, 5) is 26.3. The highest BCUT2D eigenvalue weighted by Crippen LogP contribution is 2.07. The van der Waals surface area contributed by atoms with Crippen molar-refractivity contribution in [3.05, 3.63) is 35.4 Å². The molecule has 116 valence electrons. The first-order valence-electron chi connectivity index (χ1n) is 6.86. The molecule has 0 bridgehead atoms. The van der Waals surface area contributed by atoms with Crippen LogP contribution in [0.1, 0.15) is 22.3 Å². The van der Waals surface area contributed by atoms with Crippen LogP contribution >= 0.6 is 0 Å². The number of nitrogens with one attached hydrogen (secondary N) is 1. The van der Waals surface area contributed by atoms with Gasteiger partial charge in [-0.05, 0) is 44.8 Å². The summed E-state index contributed by atoms with van der Waals surface area (Å²) < 4.78 is 0. The maximum absolute atomic E-state index is 11.9. The van der Waals surface area contributed by atoms with Crippen LogP contribution in [-0.2, 0) is 6.54 Å². The van der Waals surface area contributed by atoms with E-state index in [4.69, 9.17) is 5.11 Å². The standard InChI is InChI=1S/C15H23N3O3/c1-17(2)10-4-9-16-15(21)18(3)11-12-5-7-13(8-6-12)14(19)20/h5-8H,4,9-11H2,1-3H3,(H,16,21)(H,19,20). The molecule has 0 unspecified atom stereocenters. The molecule has 0 saturated heterocycles. The largest absolute Gasteiger partial charge is 0.478 e. The first kappa shape index (κ1) is 17.0. The van der Waals surface area contributed by atoms with E-state index in [9.17, 15) is 9.59 Å². The molecule has 0 aliphatic carbocycles. The summed E-state index contributed by atoms with van der Waals surface area (Å²) in [5.41, 5.74) is 1.14. The van der Waals surface area contributed by atoms with Crippen LogP contribution in [0.4, 0.5) is 4.79 Å². The predicted molar refractivity (Wildman–Crippen MR) is 81.4 cm³/mol. The number of nitrogens with zero attached hydrogens (tertiary/aromatic N) is 2. The Morgan fingerprint density at radius 3 is 2.29 bits per heavy atom. The van der Waals surface area contributed by atoms with E-state index in [1.165, 1.54) is 0 Å². The second kappa shape index (κ2) is 8.26. The van der Waals surface area contributed by atoms with Crippen LogP contribution in [0.2, 0.25) is 0 Å². The van der Waals surface area contributed by atoms with Crippen LogP contribution in [0.25, 0.3) is 0 Å². The number of hydrogen-bond acceptors (Lipinski definition) is 3. The van der Waals surface area contributed by atoms with Gasteiger partial charge in [-0.2, -0.15) is 0 Å². The molecule has 0 aromatic heterocycles. The number of carbonyl (C=O) groups excluding carboxylic acids is 1. The number of aromatic carboxylic acids is 1. The topological polar surface area (TPSA) is 72.9 Å². The third kappa shape index (κ3) is 6.27. The lowest BCUT2D eigenvalue weighted by Crippen LogP contribution is -2.37. The quantitative estimate of drug-likeness (QED) is 0.747. The van der Waals surface area contributed by atoms with Crippen molar-refractivity contribution in [2.75, 3.05) is 34.2 Å². The highest BCUT2D eigenvalue weighted by Gasteiger charge is 2.09. The summed E-state index contributed by atoms with van der Waals surface area (Å²) in [6.45, 7) is 2.01. The molecule has 2 amide bonds. The Balaban J connectivity index is 2.39. The summed E-state index contributed by atoms with van der Waals surface area (Å²) in [7, 11) is 5.70. The van der Waals surface area contributed by atoms with E-state index in [0.29, 0.717) is 13.1 Å². The monoisotopic (exact) mass is 293 g/mol. The molecular weight excluding hydrogens is 270 g/mol. The smallest absolute Gasteiger partial charge is 0.335 e. The van der Waals surface area contributed by atoms with Crippen LogP contribution < -0.4 is 5.32 Å². The van der Waals surface area contributed by atoms with Crippen molar-refractivity contribution in [1.29, 1.82) is 0 Å². The lowest BCUT2D eigenvalue weighted by Gasteiger charge is -2.18. The third-order valence-corrected chi connectivity index (χ3v) is 3.03. The molecule has 0 atom stereocenters. The molecule has 1 rings (SSSR count). The number of carbonyl (C=O) groups is 2. The van der Waals surface area contributed by atoms with Crippen molar-refractivity contribution < 1.29 is 14.7 Å². The highest BCUT2D eigenvalue weighted by atomic mass is 16.4. The van der Waals surface area contributed by atoms with Gasteiger partial charge in [0.1, 0.15) is 0 Å². The van der Waals surface area contributed by atoms with Gasteiger partial charge in [-0.25, -0.2) is 9.59 Å². The summed E-state index contributed by atoms with van der Waals surface area (Å²) in [5.74, 6) is -0.950. The molecule has 6 nitrogen and oxygen atoms in total. The zero-order valence-corrected chi connectivity index (χ0v) is 12.8. The minimum atomic E-state index is -0.950. The van der Waals surface area contributed by atoms with Crippen molar-refractivity contribution >= 4 is 12.0 Å². The van der Waals surface area contributed by atoms with Gasteiger partial charge in [0, 0.05) is 20.1 Å². The van der Waals surface area contributed by atoms with Gasteiger partial charge in [0.15, 0.2) is 0 Å². The fourth-order valence-corrected chi connectivity index (χ4v) is 1.82. The second-order valence-corrected chi connectivity index (χ2v) is 5.25. The maximum atomic E-state index is 11.9. The number of urea groups is 1. The van der Waals surface area contributed by atoms with Gasteiger partial charge in [-0.15, -0.1) is 0 Å². The molecule has 1 aromatic rings. The van der Waals surface area contributed by atoms with E-state index in [1.807, 2.05) is 14.1 Å². The van der Waals surface area contributed by atoms with E-state index >= 15 is 0 Å². The lowest BCUT2D eigenvalue weighted by molar-refractivity contribution is 0.0697. The van der Waals surface area contributed by atoms with Crippen LogP contribution in [0, 0.1) is 0 Å². The van der Waals surface area contributed by atoms with E-state index < -0.39 is 5.97 Å². The fraction of sp³-hybridized carbons (Fsp3) is 0.467. The zero-order chi connectivity index (χ0) is 15.8. The number of hydrogen-bond donors (Lipinski definition) is 2. The van der Waals surface area contributed by atoms with Crippen LogP contribution in [0.3, 0.4) is 0 Å². The van der Waals surface area contributed by atoms with Gasteiger partial charge in [0.05, 0.1) is 5.56 Å². The van der Waals surface area contributed by atoms with Crippen molar-refractivity contribution in [3.8, 4) is 0 Å². The summed E-state index contributed by atoms with van der Waals surface area (Å²) in [6, 6.07) is 6.40. The molecule has 0 fully saturated rings. The normalized spacial score (nSPS) is 10.5. The van der Waals surface area contributed by atoms with Gasteiger partial charge in [0.25, 0.3) is 0 Å². The summed E-state index contributed by atoms with van der Waals surface area (Å²) in [6.07, 6.45) is 0.903. The molecule has 1 aromatic carbocycles. The molecule has 0 heterocycles. The maximum Gasteiger partial charge on any atom is 0.335 e. The van der Waals surface area contributed by atoms with E-state index in [2.05, 4.69) is 10.2 Å². The molecule has 21 heavy (non-hydrogen) atoms. The minimum absolute atomic E-state index is 0.129. The number of benzene rings is 1. The fourth-order valence-electron chi connectivity index (χ4n) is 1.82. The van der Waals surface area contributed by atoms with Crippen LogP contribution in [0.15, 0.2) is 24.3 Å². The van der Waals surface area contributed by atoms with Gasteiger partial charge in [0.2, 0.25) is 0 Å². The van der Waals surface area contributed by atoms with Crippen molar-refractivity contribution in [2.24, 2.45) is 0 Å². The zero-order valence-electron chi connectivity index (χ0n) is 12.8. The number of carboxylic acid groups (broad SMARTS) is 1. The van der Waals surface area contributed by atoms with Crippen molar-refractivity contribution in [3.63, 3.8) is 0 Å². The molecule has 0 saturated carbocycles. The van der Waals surface area contributed by atoms with Crippen molar-refractivity contribution in [1.82, 2.24) is 15.1 Å². The highest BCUT2D eigenvalue weighted by molar-refractivity contribution is 5.87. The molecule has 2 N–H and O–H groups in total. The van der Waals surface area contributed by atoms with Gasteiger partial charge in [-0.1, -0.05) is 12.1 Å². The molecule has 0 spiro atoms. The number of amides is 2. The Hall–Kier alpha value is -2.08. The van der Waals surface area contributed by atoms with Gasteiger partial charge >= 0.3 is 12.0 Å². The van der Waals surface area contributed by atoms with E-state index in [1.54, 1.807) is 36.2 Å². The second-order valence-electron chi connectivity index (χ2n) is 5.25. The summed E-state index contributed by atoms with van der Waals surface area (Å²) >= 11 is 0. The molecule has 6 heteroatoms. The Morgan fingerprint density at radius 2 is 1.76 bits per heavy atom. The Kier molecular flexibility index (Phi) is 6.68.